The number of hydrogen-bond donors (Lipinski definition) is 1. The van der Waals surface area contributed by atoms with Crippen LogP contribution in [0.5, 0.6) is 0 Å². The van der Waals surface area contributed by atoms with Gasteiger partial charge in [0.1, 0.15) is 0 Å². The number of rotatable bonds is 4. The van der Waals surface area contributed by atoms with E-state index in [2.05, 4.69) is 19.7 Å². The Kier molecular flexibility index (Phi) is 9.39. The fourth-order valence-corrected chi connectivity index (χ4v) is 0.646. The normalized spacial score (nSPS) is 8.77. The molecule has 0 amide bonds. The standard InChI is InChI=1S/C9H13NO.C2H4/c1-4-5-7(2)6-9(10)8(3)11;1-2/h4-5,10H,2,6H2,1,3H3;1-2H2/b5-4-,10-9?;. The molecule has 0 aromatic rings. The molecule has 0 atom stereocenters. The molecule has 2 heteroatoms. The van der Waals surface area contributed by atoms with Gasteiger partial charge >= 0.3 is 0 Å². The largest absolute Gasteiger partial charge is 0.301 e. The van der Waals surface area contributed by atoms with Crippen molar-refractivity contribution in [3.63, 3.8) is 0 Å². The predicted molar refractivity (Wildman–Crippen MR) is 58.2 cm³/mol. The number of ketones is 1. The molecule has 0 saturated carbocycles. The van der Waals surface area contributed by atoms with Gasteiger partial charge in [-0.25, -0.2) is 0 Å². The van der Waals surface area contributed by atoms with Crippen molar-refractivity contribution in [3.8, 4) is 0 Å². The second kappa shape index (κ2) is 8.65. The molecule has 0 bridgehead atoms. The van der Waals surface area contributed by atoms with Crippen molar-refractivity contribution >= 4 is 11.5 Å². The van der Waals surface area contributed by atoms with Crippen molar-refractivity contribution in [2.24, 2.45) is 0 Å². The third-order valence-corrected chi connectivity index (χ3v) is 1.23. The number of carbonyl (C=O) groups is 1. The summed E-state index contributed by atoms with van der Waals surface area (Å²) in [7, 11) is 0. The van der Waals surface area contributed by atoms with E-state index in [0.717, 1.165) is 5.57 Å². The molecular weight excluding hydrogens is 162 g/mol. The van der Waals surface area contributed by atoms with Crippen molar-refractivity contribution in [1.29, 1.82) is 5.41 Å². The molecule has 0 spiro atoms. The van der Waals surface area contributed by atoms with Crippen LogP contribution in [0.4, 0.5) is 0 Å². The van der Waals surface area contributed by atoms with Gasteiger partial charge in [0.05, 0.1) is 5.71 Å². The second-order valence-corrected chi connectivity index (χ2v) is 2.37. The van der Waals surface area contributed by atoms with Crippen LogP contribution in [0.2, 0.25) is 0 Å². The second-order valence-electron chi connectivity index (χ2n) is 2.37. The molecule has 0 saturated heterocycles. The van der Waals surface area contributed by atoms with Crippen LogP contribution >= 0.6 is 0 Å². The molecule has 0 rings (SSSR count). The summed E-state index contributed by atoms with van der Waals surface area (Å²) in [6.07, 6.45) is 4.01. The van der Waals surface area contributed by atoms with Gasteiger partial charge < -0.3 is 5.41 Å². The van der Waals surface area contributed by atoms with Crippen LogP contribution in [0, 0.1) is 5.41 Å². The van der Waals surface area contributed by atoms with Gasteiger partial charge in [0.25, 0.3) is 0 Å². The molecule has 0 radical (unpaired) electrons. The van der Waals surface area contributed by atoms with Crippen molar-refractivity contribution in [1.82, 2.24) is 0 Å². The van der Waals surface area contributed by atoms with Gasteiger partial charge in [-0.1, -0.05) is 18.7 Å². The van der Waals surface area contributed by atoms with Crippen LogP contribution in [-0.2, 0) is 4.79 Å². The Morgan fingerprint density at radius 2 is 1.92 bits per heavy atom. The predicted octanol–water partition coefficient (Wildman–Crippen LogP) is 2.92. The highest BCUT2D eigenvalue weighted by Gasteiger charge is 2.02. The number of Topliss-reactive ketones (excluding diaryl/α,β-unsaturated/α-hetero) is 1. The first kappa shape index (κ1) is 14.1. The summed E-state index contributed by atoms with van der Waals surface area (Å²) in [6.45, 7) is 13.0. The summed E-state index contributed by atoms with van der Waals surface area (Å²) < 4.78 is 0. The van der Waals surface area contributed by atoms with Crippen LogP contribution in [0.25, 0.3) is 0 Å². The van der Waals surface area contributed by atoms with E-state index >= 15 is 0 Å². The van der Waals surface area contributed by atoms with E-state index < -0.39 is 0 Å². The van der Waals surface area contributed by atoms with Crippen LogP contribution in [0.1, 0.15) is 20.3 Å². The first-order valence-corrected chi connectivity index (χ1v) is 3.96. The zero-order valence-electron chi connectivity index (χ0n) is 8.39. The highest BCUT2D eigenvalue weighted by Crippen LogP contribution is 2.01. The van der Waals surface area contributed by atoms with Gasteiger partial charge in [0.2, 0.25) is 0 Å². The van der Waals surface area contributed by atoms with Crippen LogP contribution < -0.4 is 0 Å². The Balaban J connectivity index is 0. The molecule has 0 fully saturated rings. The molecule has 0 aliphatic carbocycles. The molecule has 72 valence electrons. The molecule has 0 aliphatic rings. The molecule has 0 unspecified atom stereocenters. The average molecular weight is 179 g/mol. The molecule has 0 aromatic heterocycles. The van der Waals surface area contributed by atoms with Gasteiger partial charge in [-0.2, -0.15) is 0 Å². The quantitative estimate of drug-likeness (QED) is 0.402. The molecule has 0 aromatic carbocycles. The van der Waals surface area contributed by atoms with E-state index in [4.69, 9.17) is 5.41 Å². The average Bonchev–Trinajstić information content (AvgIpc) is 2.08. The summed E-state index contributed by atoms with van der Waals surface area (Å²) in [6, 6.07) is 0. The Morgan fingerprint density at radius 3 is 2.23 bits per heavy atom. The van der Waals surface area contributed by atoms with Crippen molar-refractivity contribution in [2.75, 3.05) is 0 Å². The summed E-state index contributed by atoms with van der Waals surface area (Å²) in [4.78, 5) is 10.6. The summed E-state index contributed by atoms with van der Waals surface area (Å²) in [5, 5.41) is 7.21. The molecule has 0 aliphatic heterocycles. The lowest BCUT2D eigenvalue weighted by Gasteiger charge is -1.97. The van der Waals surface area contributed by atoms with Crippen LogP contribution in [0.3, 0.4) is 0 Å². The van der Waals surface area contributed by atoms with Crippen molar-refractivity contribution in [3.05, 3.63) is 37.5 Å². The molecule has 1 N–H and O–H groups in total. The van der Waals surface area contributed by atoms with E-state index in [1.165, 1.54) is 6.92 Å². The Labute approximate surface area is 80.2 Å². The molecular formula is C11H17NO. The first-order valence-electron chi connectivity index (χ1n) is 3.96. The van der Waals surface area contributed by atoms with Crippen molar-refractivity contribution < 1.29 is 4.79 Å². The summed E-state index contributed by atoms with van der Waals surface area (Å²) in [5.41, 5.74) is 0.917. The fraction of sp³-hybridized carbons (Fsp3) is 0.273. The third-order valence-electron chi connectivity index (χ3n) is 1.23. The minimum Gasteiger partial charge on any atom is -0.301 e. The maximum absolute atomic E-state index is 10.6. The highest BCUT2D eigenvalue weighted by molar-refractivity contribution is 6.38. The van der Waals surface area contributed by atoms with E-state index in [1.807, 2.05) is 13.0 Å². The SMILES string of the molecule is C=C.C=C(/C=C\C)CC(=N)C(C)=O. The lowest BCUT2D eigenvalue weighted by atomic mass is 10.1. The van der Waals surface area contributed by atoms with Gasteiger partial charge in [0, 0.05) is 13.3 Å². The van der Waals surface area contributed by atoms with Gasteiger partial charge in [-0.05, 0) is 12.5 Å². The highest BCUT2D eigenvalue weighted by atomic mass is 16.1. The van der Waals surface area contributed by atoms with Crippen LogP contribution in [0.15, 0.2) is 37.5 Å². The molecule has 2 nitrogen and oxygen atoms in total. The monoisotopic (exact) mass is 179 g/mol. The zero-order chi connectivity index (χ0) is 10.9. The molecule has 0 heterocycles. The fourth-order valence-electron chi connectivity index (χ4n) is 0.646. The first-order chi connectivity index (χ1) is 6.07. The van der Waals surface area contributed by atoms with Gasteiger partial charge in [-0.3, -0.25) is 4.79 Å². The van der Waals surface area contributed by atoms with E-state index in [9.17, 15) is 4.79 Å². The number of allylic oxidation sites excluding steroid dienone is 3. The minimum absolute atomic E-state index is 0.119. The molecule has 13 heavy (non-hydrogen) atoms. The Bertz CT molecular complexity index is 226. The smallest absolute Gasteiger partial charge is 0.173 e. The Hall–Kier alpha value is -1.44. The zero-order valence-corrected chi connectivity index (χ0v) is 8.39. The third kappa shape index (κ3) is 8.47. The lowest BCUT2D eigenvalue weighted by molar-refractivity contribution is -0.111. The van der Waals surface area contributed by atoms with E-state index in [1.54, 1.807) is 6.08 Å². The number of hydrogen-bond acceptors (Lipinski definition) is 2. The van der Waals surface area contributed by atoms with Gasteiger partial charge in [-0.15, -0.1) is 13.2 Å². The summed E-state index contributed by atoms with van der Waals surface area (Å²) >= 11 is 0. The van der Waals surface area contributed by atoms with E-state index in [0.29, 0.717) is 6.42 Å². The summed E-state index contributed by atoms with van der Waals surface area (Å²) in [5.74, 6) is -0.185. The maximum Gasteiger partial charge on any atom is 0.173 e. The Morgan fingerprint density at radius 1 is 1.46 bits per heavy atom. The van der Waals surface area contributed by atoms with Crippen LogP contribution in [-0.4, -0.2) is 11.5 Å². The number of nitrogens with one attached hydrogen (secondary N) is 1. The van der Waals surface area contributed by atoms with E-state index in [-0.39, 0.29) is 11.5 Å². The number of carbonyl (C=O) groups excluding carboxylic acids is 1. The topological polar surface area (TPSA) is 40.9 Å². The van der Waals surface area contributed by atoms with Gasteiger partial charge in [0.15, 0.2) is 5.78 Å². The lowest BCUT2D eigenvalue weighted by Crippen LogP contribution is -2.07. The maximum atomic E-state index is 10.6. The minimum atomic E-state index is -0.185. The van der Waals surface area contributed by atoms with Crippen molar-refractivity contribution in [2.45, 2.75) is 20.3 Å².